The minimum atomic E-state index is -1.02. The van der Waals surface area contributed by atoms with E-state index in [4.69, 9.17) is 0 Å². The molecule has 5 aromatic rings. The Bertz CT molecular complexity index is 2010. The highest BCUT2D eigenvalue weighted by atomic mass is 19.2. The van der Waals surface area contributed by atoms with Gasteiger partial charge < -0.3 is 20.4 Å². The van der Waals surface area contributed by atoms with Crippen LogP contribution in [0.1, 0.15) is 21.5 Å². The third-order valence-electron chi connectivity index (χ3n) is 7.62. The molecule has 0 radical (unpaired) electrons. The molecule has 0 saturated carbocycles. The number of likely N-dealkylation sites (N-methyl/N-ethyl adjacent to an activating group) is 1. The van der Waals surface area contributed by atoms with E-state index in [1.54, 1.807) is 6.20 Å². The minimum absolute atomic E-state index is 0.0126. The van der Waals surface area contributed by atoms with Crippen LogP contribution in [0.2, 0.25) is 0 Å². The molecular formula is C34H30F2N8O2. The van der Waals surface area contributed by atoms with Gasteiger partial charge >= 0.3 is 0 Å². The number of anilines is 3. The van der Waals surface area contributed by atoms with Crippen molar-refractivity contribution < 1.29 is 13.6 Å². The first kappa shape index (κ1) is 30.4. The van der Waals surface area contributed by atoms with Crippen LogP contribution in [0, 0.1) is 23.5 Å². The number of aromatic nitrogens is 4. The molecule has 1 aliphatic heterocycles. The Morgan fingerprint density at radius 1 is 0.957 bits per heavy atom. The summed E-state index contributed by atoms with van der Waals surface area (Å²) in [6.45, 7) is 4.05. The SMILES string of the molecule is CN1CCN(c2ccc(Nc3ncc4cc(C#CCNC(=O)c5cncn(Cc6ccc(F)c(F)c6)c5=O)ccc4n3)cc2)CC1. The smallest absolute Gasteiger partial charge is 0.266 e. The Labute approximate surface area is 263 Å². The molecule has 46 heavy (non-hydrogen) atoms. The van der Waals surface area contributed by atoms with Crippen LogP contribution in [-0.2, 0) is 6.54 Å². The lowest BCUT2D eigenvalue weighted by Crippen LogP contribution is -2.44. The topological polar surface area (TPSA) is 108 Å². The fraction of sp³-hybridized carbons (Fsp3) is 0.206. The average Bonchev–Trinajstić information content (AvgIpc) is 3.06. The second-order valence-electron chi connectivity index (χ2n) is 10.9. The Morgan fingerprint density at radius 3 is 2.54 bits per heavy atom. The summed E-state index contributed by atoms with van der Waals surface area (Å²) in [6.07, 6.45) is 4.11. The lowest BCUT2D eigenvalue weighted by molar-refractivity contribution is 0.0956. The van der Waals surface area contributed by atoms with Crippen molar-refractivity contribution in [2.24, 2.45) is 0 Å². The second kappa shape index (κ2) is 13.5. The number of fused-ring (bicyclic) bond motifs is 1. The Hall–Kier alpha value is -5.67. The molecule has 3 aromatic carbocycles. The summed E-state index contributed by atoms with van der Waals surface area (Å²) in [5, 5.41) is 6.67. The zero-order valence-corrected chi connectivity index (χ0v) is 25.0. The van der Waals surface area contributed by atoms with Gasteiger partial charge in [-0.05, 0) is 67.2 Å². The quantitative estimate of drug-likeness (QED) is 0.265. The van der Waals surface area contributed by atoms with Crippen LogP contribution in [-0.4, -0.2) is 70.1 Å². The number of amides is 1. The fourth-order valence-corrected chi connectivity index (χ4v) is 5.04. The molecule has 1 saturated heterocycles. The van der Waals surface area contributed by atoms with Crippen molar-refractivity contribution >= 4 is 34.1 Å². The Balaban J connectivity index is 1.04. The molecule has 2 N–H and O–H groups in total. The fourth-order valence-electron chi connectivity index (χ4n) is 5.04. The van der Waals surface area contributed by atoms with Gasteiger partial charge in [-0.25, -0.2) is 23.7 Å². The molecule has 0 bridgehead atoms. The predicted octanol–water partition coefficient (Wildman–Crippen LogP) is 3.79. The van der Waals surface area contributed by atoms with E-state index in [-0.39, 0.29) is 18.7 Å². The summed E-state index contributed by atoms with van der Waals surface area (Å²) in [5.74, 6) is 3.71. The third-order valence-corrected chi connectivity index (χ3v) is 7.62. The zero-order valence-electron chi connectivity index (χ0n) is 25.0. The van der Waals surface area contributed by atoms with Crippen LogP contribution in [0.15, 0.2) is 84.2 Å². The molecule has 232 valence electrons. The van der Waals surface area contributed by atoms with E-state index in [0.29, 0.717) is 17.1 Å². The molecule has 2 aromatic heterocycles. The lowest BCUT2D eigenvalue weighted by atomic mass is 10.1. The van der Waals surface area contributed by atoms with E-state index in [1.807, 2.05) is 30.3 Å². The molecule has 6 rings (SSSR count). The molecular weight excluding hydrogens is 590 g/mol. The maximum Gasteiger partial charge on any atom is 0.266 e. The summed E-state index contributed by atoms with van der Waals surface area (Å²) >= 11 is 0. The van der Waals surface area contributed by atoms with Crippen LogP contribution in [0.3, 0.4) is 0 Å². The van der Waals surface area contributed by atoms with Crippen LogP contribution in [0.25, 0.3) is 10.9 Å². The molecule has 0 spiro atoms. The first-order chi connectivity index (χ1) is 22.3. The van der Waals surface area contributed by atoms with Gasteiger partial charge in [-0.2, -0.15) is 0 Å². The maximum atomic E-state index is 13.6. The number of nitrogens with zero attached hydrogens (tertiary/aromatic N) is 6. The van der Waals surface area contributed by atoms with Crippen molar-refractivity contribution in [3.05, 3.63) is 118 Å². The summed E-state index contributed by atoms with van der Waals surface area (Å²) in [5.41, 5.74) is 3.11. The summed E-state index contributed by atoms with van der Waals surface area (Å²) < 4.78 is 27.9. The number of rotatable bonds is 7. The molecule has 0 aliphatic carbocycles. The van der Waals surface area contributed by atoms with Gasteiger partial charge in [0.2, 0.25) is 5.95 Å². The van der Waals surface area contributed by atoms with Gasteiger partial charge in [-0.3, -0.25) is 14.2 Å². The van der Waals surface area contributed by atoms with Crippen LogP contribution in [0.5, 0.6) is 0 Å². The van der Waals surface area contributed by atoms with Crippen molar-refractivity contribution in [2.45, 2.75) is 6.54 Å². The van der Waals surface area contributed by atoms with Gasteiger partial charge in [0.05, 0.1) is 24.9 Å². The maximum absolute atomic E-state index is 13.6. The number of halogens is 2. The standard InChI is InChI=1S/C34H30F2N8O2/c1-42-13-15-43(16-14-42)27-8-6-26(7-9-27)40-34-39-19-25-17-23(5-11-31(25)41-34)3-2-12-38-32(45)28-20-37-22-44(33(28)46)21-24-4-10-29(35)30(36)18-24/h4-11,17-20,22H,12-16,21H2,1H3,(H,38,45)(H,39,40,41). The number of carbonyl (C=O) groups excluding carboxylic acids is 1. The lowest BCUT2D eigenvalue weighted by Gasteiger charge is -2.34. The van der Waals surface area contributed by atoms with Gasteiger partial charge in [-0.15, -0.1) is 0 Å². The summed E-state index contributed by atoms with van der Waals surface area (Å²) in [6, 6.07) is 17.1. The van der Waals surface area contributed by atoms with E-state index in [0.717, 1.165) is 65.7 Å². The summed E-state index contributed by atoms with van der Waals surface area (Å²) in [4.78, 5) is 43.2. The van der Waals surface area contributed by atoms with E-state index < -0.39 is 23.1 Å². The largest absolute Gasteiger partial charge is 0.369 e. The molecule has 12 heteroatoms. The number of hydrogen-bond acceptors (Lipinski definition) is 8. The first-order valence-electron chi connectivity index (χ1n) is 14.7. The molecule has 0 unspecified atom stereocenters. The monoisotopic (exact) mass is 620 g/mol. The Kier molecular flexibility index (Phi) is 8.94. The molecule has 0 atom stereocenters. The van der Waals surface area contributed by atoms with Gasteiger partial charge in [0.15, 0.2) is 11.6 Å². The van der Waals surface area contributed by atoms with Crippen LogP contribution < -0.4 is 21.1 Å². The van der Waals surface area contributed by atoms with Gasteiger partial charge in [0.25, 0.3) is 11.5 Å². The minimum Gasteiger partial charge on any atom is -0.369 e. The van der Waals surface area contributed by atoms with Crippen molar-refractivity contribution in [2.75, 3.05) is 50.0 Å². The molecule has 3 heterocycles. The normalized spacial score (nSPS) is 13.2. The van der Waals surface area contributed by atoms with Crippen LogP contribution in [0.4, 0.5) is 26.1 Å². The van der Waals surface area contributed by atoms with E-state index in [2.05, 4.69) is 66.4 Å². The Morgan fingerprint density at radius 2 is 1.76 bits per heavy atom. The molecule has 10 nitrogen and oxygen atoms in total. The van der Waals surface area contributed by atoms with Crippen molar-refractivity contribution in [1.29, 1.82) is 0 Å². The number of piperazine rings is 1. The van der Waals surface area contributed by atoms with Crippen molar-refractivity contribution in [3.8, 4) is 11.8 Å². The number of hydrogen-bond donors (Lipinski definition) is 2. The van der Waals surface area contributed by atoms with Crippen molar-refractivity contribution in [1.82, 2.24) is 29.7 Å². The highest BCUT2D eigenvalue weighted by molar-refractivity contribution is 5.93. The van der Waals surface area contributed by atoms with E-state index in [9.17, 15) is 18.4 Å². The molecule has 1 aliphatic rings. The van der Waals surface area contributed by atoms with Crippen molar-refractivity contribution in [3.63, 3.8) is 0 Å². The third kappa shape index (κ3) is 7.17. The summed E-state index contributed by atoms with van der Waals surface area (Å²) in [7, 11) is 2.14. The van der Waals surface area contributed by atoms with E-state index in [1.165, 1.54) is 18.1 Å². The highest BCUT2D eigenvalue weighted by Gasteiger charge is 2.15. The molecule has 1 amide bonds. The number of benzene rings is 3. The van der Waals surface area contributed by atoms with Crippen LogP contribution >= 0.6 is 0 Å². The van der Waals surface area contributed by atoms with Gasteiger partial charge in [-0.1, -0.05) is 17.9 Å². The second-order valence-corrected chi connectivity index (χ2v) is 10.9. The molecule has 1 fully saturated rings. The highest BCUT2D eigenvalue weighted by Crippen LogP contribution is 2.22. The van der Waals surface area contributed by atoms with Gasteiger partial charge in [0.1, 0.15) is 5.56 Å². The van der Waals surface area contributed by atoms with Gasteiger partial charge in [0, 0.05) is 60.9 Å². The number of carbonyl (C=O) groups is 1. The average molecular weight is 621 g/mol. The number of nitrogens with one attached hydrogen (secondary N) is 2. The predicted molar refractivity (Wildman–Crippen MR) is 172 cm³/mol. The zero-order chi connectivity index (χ0) is 32.0. The first-order valence-corrected chi connectivity index (χ1v) is 14.7. The van der Waals surface area contributed by atoms with E-state index >= 15 is 0 Å².